The van der Waals surface area contributed by atoms with Gasteiger partial charge in [-0.05, 0) is 62.0 Å². The Labute approximate surface area is 164 Å². The molecular formula is C23H26N2O3. The average Bonchev–Trinajstić information content (AvgIpc) is 3.13. The Morgan fingerprint density at radius 1 is 1.21 bits per heavy atom. The van der Waals surface area contributed by atoms with E-state index in [-0.39, 0.29) is 0 Å². The molecule has 0 spiro atoms. The average molecular weight is 378 g/mol. The number of H-pyrrole nitrogens is 1. The van der Waals surface area contributed by atoms with Crippen molar-refractivity contribution in [3.63, 3.8) is 0 Å². The van der Waals surface area contributed by atoms with Gasteiger partial charge in [-0.2, -0.15) is 0 Å². The van der Waals surface area contributed by atoms with Gasteiger partial charge >= 0.3 is 5.97 Å². The lowest BCUT2D eigenvalue weighted by Gasteiger charge is -2.35. The van der Waals surface area contributed by atoms with Crippen molar-refractivity contribution in [1.82, 2.24) is 9.88 Å². The van der Waals surface area contributed by atoms with E-state index in [1.165, 1.54) is 5.56 Å². The second kappa shape index (κ2) is 8.07. The summed E-state index contributed by atoms with van der Waals surface area (Å²) in [5, 5.41) is 10.9. The van der Waals surface area contributed by atoms with Crippen LogP contribution in [0.3, 0.4) is 0 Å². The zero-order valence-electron chi connectivity index (χ0n) is 16.1. The zero-order valence-corrected chi connectivity index (χ0v) is 16.1. The van der Waals surface area contributed by atoms with Crippen molar-refractivity contribution >= 4 is 16.9 Å². The normalized spacial score (nSPS) is 16.9. The lowest BCUT2D eigenvalue weighted by Crippen LogP contribution is -2.40. The van der Waals surface area contributed by atoms with E-state index in [9.17, 15) is 9.90 Å². The summed E-state index contributed by atoms with van der Waals surface area (Å²) in [5.41, 5.74) is 3.10. The summed E-state index contributed by atoms with van der Waals surface area (Å²) in [6.45, 7) is 1.59. The van der Waals surface area contributed by atoms with Gasteiger partial charge in [-0.25, -0.2) is 0 Å². The number of piperidine rings is 1. The number of nitrogens with zero attached hydrogens (tertiary/aromatic N) is 1. The predicted octanol–water partition coefficient (Wildman–Crippen LogP) is 4.26. The first-order valence-corrected chi connectivity index (χ1v) is 9.81. The highest BCUT2D eigenvalue weighted by atomic mass is 16.5. The molecule has 28 heavy (non-hydrogen) atoms. The Morgan fingerprint density at radius 2 is 1.96 bits per heavy atom. The third-order valence-corrected chi connectivity index (χ3v) is 5.83. The molecule has 1 aliphatic heterocycles. The lowest BCUT2D eigenvalue weighted by molar-refractivity contribution is -0.144. The number of hydrogen-bond donors (Lipinski definition) is 2. The van der Waals surface area contributed by atoms with Gasteiger partial charge in [0.2, 0.25) is 0 Å². The second-order valence-electron chi connectivity index (χ2n) is 7.57. The predicted molar refractivity (Wildman–Crippen MR) is 110 cm³/mol. The van der Waals surface area contributed by atoms with Gasteiger partial charge in [-0.15, -0.1) is 0 Å². The van der Waals surface area contributed by atoms with Gasteiger partial charge < -0.3 is 14.8 Å². The largest absolute Gasteiger partial charge is 0.497 e. The van der Waals surface area contributed by atoms with Crippen molar-refractivity contribution in [3.05, 3.63) is 65.9 Å². The molecule has 3 aromatic rings. The minimum atomic E-state index is -0.801. The van der Waals surface area contributed by atoms with Crippen LogP contribution in [0.1, 0.15) is 30.0 Å². The molecule has 0 bridgehead atoms. The van der Waals surface area contributed by atoms with Crippen LogP contribution >= 0.6 is 0 Å². The number of aromatic nitrogens is 1. The zero-order chi connectivity index (χ0) is 19.5. The molecule has 5 heteroatoms. The smallest absolute Gasteiger partial charge is 0.325 e. The Hall–Kier alpha value is -2.79. The number of likely N-dealkylation sites (tertiary alicyclic amines) is 1. The second-order valence-corrected chi connectivity index (χ2v) is 7.57. The van der Waals surface area contributed by atoms with Gasteiger partial charge in [-0.3, -0.25) is 9.69 Å². The molecule has 0 amide bonds. The summed E-state index contributed by atoms with van der Waals surface area (Å²) < 4.78 is 5.33. The van der Waals surface area contributed by atoms with Crippen molar-refractivity contribution in [2.24, 2.45) is 5.92 Å². The van der Waals surface area contributed by atoms with Crippen molar-refractivity contribution in [1.29, 1.82) is 0 Å². The molecule has 1 saturated heterocycles. The highest BCUT2D eigenvalue weighted by Crippen LogP contribution is 2.34. The molecule has 0 aliphatic carbocycles. The fourth-order valence-electron chi connectivity index (χ4n) is 4.32. The number of nitrogens with one attached hydrogen (secondary N) is 1. The molecule has 2 N–H and O–H groups in total. The van der Waals surface area contributed by atoms with Crippen LogP contribution in [0.15, 0.2) is 54.7 Å². The number of aliphatic carboxylic acids is 1. The van der Waals surface area contributed by atoms with Crippen LogP contribution in [0.4, 0.5) is 0 Å². The first kappa shape index (κ1) is 18.6. The Kier molecular flexibility index (Phi) is 5.35. The number of carboxylic acids is 1. The van der Waals surface area contributed by atoms with Crippen molar-refractivity contribution < 1.29 is 14.6 Å². The molecular weight excluding hydrogens is 352 g/mol. The molecule has 1 fully saturated rings. The Bertz CT molecular complexity index is 943. The number of aromatic amines is 1. The number of hydrogen-bond acceptors (Lipinski definition) is 3. The van der Waals surface area contributed by atoms with Crippen LogP contribution < -0.4 is 4.74 Å². The maximum absolute atomic E-state index is 12.2. The van der Waals surface area contributed by atoms with Gasteiger partial charge in [0.05, 0.1) is 7.11 Å². The van der Waals surface area contributed by atoms with E-state index in [0.717, 1.165) is 54.6 Å². The molecule has 1 atom stereocenters. The van der Waals surface area contributed by atoms with E-state index >= 15 is 0 Å². The minimum Gasteiger partial charge on any atom is -0.497 e. The van der Waals surface area contributed by atoms with Crippen molar-refractivity contribution in [3.8, 4) is 5.75 Å². The van der Waals surface area contributed by atoms with Gasteiger partial charge in [0.25, 0.3) is 0 Å². The molecule has 2 aromatic carbocycles. The number of rotatable bonds is 6. The lowest BCUT2D eigenvalue weighted by atomic mass is 9.89. The van der Waals surface area contributed by atoms with Crippen molar-refractivity contribution in [2.75, 3.05) is 20.2 Å². The molecule has 2 heterocycles. The molecule has 4 rings (SSSR count). The van der Waals surface area contributed by atoms with Crippen LogP contribution in [0.2, 0.25) is 0 Å². The van der Waals surface area contributed by atoms with E-state index in [1.807, 2.05) is 30.5 Å². The first-order valence-electron chi connectivity index (χ1n) is 9.81. The Morgan fingerprint density at radius 3 is 2.64 bits per heavy atom. The summed E-state index contributed by atoms with van der Waals surface area (Å²) in [4.78, 5) is 17.5. The number of ether oxygens (including phenoxy) is 1. The quantitative estimate of drug-likeness (QED) is 0.673. The molecule has 5 nitrogen and oxygen atoms in total. The third kappa shape index (κ3) is 3.76. The Balaban J connectivity index is 1.51. The molecule has 0 radical (unpaired) electrons. The topological polar surface area (TPSA) is 65.6 Å². The summed E-state index contributed by atoms with van der Waals surface area (Å²) >= 11 is 0. The third-order valence-electron chi connectivity index (χ3n) is 5.83. The van der Waals surface area contributed by atoms with Gasteiger partial charge in [0.15, 0.2) is 0 Å². The standard InChI is InChI=1S/C23H26N2O3/c1-28-18-7-8-21-19(14-18)20(15-24-21)22(23(26)27)25-11-9-17(10-12-25)13-16-5-3-2-4-6-16/h2-8,14-15,17,22,24H,9-13H2,1H3,(H,26,27). The molecule has 1 aliphatic rings. The van der Waals surface area contributed by atoms with Gasteiger partial charge in [0, 0.05) is 22.7 Å². The fraction of sp³-hybridized carbons (Fsp3) is 0.348. The minimum absolute atomic E-state index is 0.608. The van der Waals surface area contributed by atoms with Gasteiger partial charge in [-0.1, -0.05) is 30.3 Å². The van der Waals surface area contributed by atoms with Crippen LogP contribution in [0.25, 0.3) is 10.9 Å². The maximum atomic E-state index is 12.2. The van der Waals surface area contributed by atoms with Crippen LogP contribution in [0.5, 0.6) is 5.75 Å². The first-order chi connectivity index (χ1) is 13.7. The monoisotopic (exact) mass is 378 g/mol. The number of carbonyl (C=O) groups is 1. The summed E-state index contributed by atoms with van der Waals surface area (Å²) in [6.07, 6.45) is 4.93. The van der Waals surface area contributed by atoms with Crippen LogP contribution in [-0.2, 0) is 11.2 Å². The van der Waals surface area contributed by atoms with Crippen LogP contribution in [0, 0.1) is 5.92 Å². The van der Waals surface area contributed by atoms with E-state index in [0.29, 0.717) is 5.92 Å². The molecule has 146 valence electrons. The summed E-state index contributed by atoms with van der Waals surface area (Å²) in [6, 6.07) is 15.6. The van der Waals surface area contributed by atoms with E-state index in [2.05, 4.69) is 34.1 Å². The molecule has 1 aromatic heterocycles. The SMILES string of the molecule is COc1ccc2[nH]cc(C(C(=O)O)N3CCC(Cc4ccccc4)CC3)c2c1. The molecule has 1 unspecified atom stereocenters. The number of benzene rings is 2. The highest BCUT2D eigenvalue weighted by molar-refractivity contribution is 5.90. The van der Waals surface area contributed by atoms with E-state index in [1.54, 1.807) is 7.11 Å². The number of methoxy groups -OCH3 is 1. The van der Waals surface area contributed by atoms with Gasteiger partial charge in [0.1, 0.15) is 11.8 Å². The summed E-state index contributed by atoms with van der Waals surface area (Å²) in [7, 11) is 1.62. The van der Waals surface area contributed by atoms with E-state index < -0.39 is 12.0 Å². The molecule has 0 saturated carbocycles. The fourth-order valence-corrected chi connectivity index (χ4v) is 4.32. The van der Waals surface area contributed by atoms with Crippen molar-refractivity contribution in [2.45, 2.75) is 25.3 Å². The maximum Gasteiger partial charge on any atom is 0.325 e. The van der Waals surface area contributed by atoms with E-state index in [4.69, 9.17) is 4.74 Å². The number of fused-ring (bicyclic) bond motifs is 1. The highest BCUT2D eigenvalue weighted by Gasteiger charge is 2.32. The number of carboxylic acid groups (broad SMARTS) is 1. The summed E-state index contributed by atoms with van der Waals surface area (Å²) in [5.74, 6) is 0.542. The van der Waals surface area contributed by atoms with Crippen LogP contribution in [-0.4, -0.2) is 41.2 Å².